The summed E-state index contributed by atoms with van der Waals surface area (Å²) < 4.78 is 2.91. The van der Waals surface area contributed by atoms with Gasteiger partial charge in [0.05, 0.1) is 32.9 Å². The summed E-state index contributed by atoms with van der Waals surface area (Å²) in [5, 5.41) is 24.8. The van der Waals surface area contributed by atoms with Gasteiger partial charge in [-0.1, -0.05) is 18.2 Å². The highest BCUT2D eigenvalue weighted by Gasteiger charge is 2.26. The van der Waals surface area contributed by atoms with Gasteiger partial charge in [-0.2, -0.15) is 0 Å². The van der Waals surface area contributed by atoms with Gasteiger partial charge in [0, 0.05) is 18.7 Å². The Morgan fingerprint density at radius 3 is 2.23 bits per heavy atom. The number of hydrogen-bond acceptors (Lipinski definition) is 6. The first kappa shape index (κ1) is 20.5. The summed E-state index contributed by atoms with van der Waals surface area (Å²) in [4.78, 5) is 46.5. The van der Waals surface area contributed by atoms with E-state index in [1.54, 1.807) is 49.0 Å². The molecular formula is C19H17N5O6. The molecule has 0 aliphatic heterocycles. The van der Waals surface area contributed by atoms with E-state index in [0.29, 0.717) is 11.4 Å². The number of non-ortho nitro benzene ring substituents is 1. The third-order valence-electron chi connectivity index (χ3n) is 4.81. The largest absolute Gasteiger partial charge is 0.316 e. The SMILES string of the molecule is Cc1c(C(=O)Nc2c(C)n(C)n(-c3ccccc3)c2=O)cc([N+](=O)[O-])cc1[N+](=O)[O-]. The van der Waals surface area contributed by atoms with Crippen LogP contribution in [-0.4, -0.2) is 25.1 Å². The number of carbonyl (C=O) groups is 1. The molecule has 11 heteroatoms. The van der Waals surface area contributed by atoms with Gasteiger partial charge in [0.1, 0.15) is 5.69 Å². The van der Waals surface area contributed by atoms with E-state index in [2.05, 4.69) is 5.32 Å². The molecule has 1 aromatic heterocycles. The highest BCUT2D eigenvalue weighted by Crippen LogP contribution is 2.28. The first-order chi connectivity index (χ1) is 14.1. The Labute approximate surface area is 169 Å². The van der Waals surface area contributed by atoms with Gasteiger partial charge in [-0.05, 0) is 26.0 Å². The van der Waals surface area contributed by atoms with Crippen molar-refractivity contribution in [3.63, 3.8) is 0 Å². The van der Waals surface area contributed by atoms with Crippen LogP contribution in [0.3, 0.4) is 0 Å². The van der Waals surface area contributed by atoms with Crippen LogP contribution in [-0.2, 0) is 7.05 Å². The van der Waals surface area contributed by atoms with Crippen molar-refractivity contribution in [1.29, 1.82) is 0 Å². The molecule has 1 heterocycles. The molecule has 11 nitrogen and oxygen atoms in total. The number of rotatable bonds is 5. The minimum Gasteiger partial charge on any atom is -0.316 e. The Morgan fingerprint density at radius 2 is 1.67 bits per heavy atom. The van der Waals surface area contributed by atoms with Crippen molar-refractivity contribution in [2.45, 2.75) is 13.8 Å². The fourth-order valence-corrected chi connectivity index (χ4v) is 3.11. The van der Waals surface area contributed by atoms with Crippen LogP contribution in [0.2, 0.25) is 0 Å². The minimum atomic E-state index is -0.856. The predicted molar refractivity (Wildman–Crippen MR) is 108 cm³/mol. The van der Waals surface area contributed by atoms with Crippen LogP contribution >= 0.6 is 0 Å². The summed E-state index contributed by atoms with van der Waals surface area (Å²) >= 11 is 0. The highest BCUT2D eigenvalue weighted by atomic mass is 16.6. The van der Waals surface area contributed by atoms with Crippen molar-refractivity contribution >= 4 is 23.0 Å². The standard InChI is InChI=1S/C19H17N5O6/c1-11-15(9-14(23(27)28)10-16(11)24(29)30)18(25)20-17-12(2)21(3)22(19(17)26)13-7-5-4-6-8-13/h4-10H,1-3H3,(H,20,25). The molecule has 0 spiro atoms. The number of aromatic nitrogens is 2. The second-order valence-electron chi connectivity index (χ2n) is 6.54. The quantitative estimate of drug-likeness (QED) is 0.505. The van der Waals surface area contributed by atoms with Crippen molar-refractivity contribution in [1.82, 2.24) is 9.36 Å². The lowest BCUT2D eigenvalue weighted by Crippen LogP contribution is -2.23. The summed E-state index contributed by atoms with van der Waals surface area (Å²) in [5.41, 5.74) is -0.966. The van der Waals surface area contributed by atoms with Crippen molar-refractivity contribution in [2.75, 3.05) is 5.32 Å². The molecule has 30 heavy (non-hydrogen) atoms. The predicted octanol–water partition coefficient (Wildman–Crippen LogP) is 2.86. The number of carbonyl (C=O) groups excluding carboxylic acids is 1. The monoisotopic (exact) mass is 411 g/mol. The van der Waals surface area contributed by atoms with Crippen molar-refractivity contribution in [3.8, 4) is 5.69 Å². The molecule has 154 valence electrons. The molecule has 0 atom stereocenters. The number of nitro benzene ring substituents is 2. The fourth-order valence-electron chi connectivity index (χ4n) is 3.11. The van der Waals surface area contributed by atoms with Gasteiger partial charge in [0.2, 0.25) is 0 Å². The van der Waals surface area contributed by atoms with Crippen LogP contribution in [0.1, 0.15) is 21.6 Å². The van der Waals surface area contributed by atoms with Crippen molar-refractivity contribution < 1.29 is 14.6 Å². The third-order valence-corrected chi connectivity index (χ3v) is 4.81. The number of nitro groups is 2. The number of nitrogens with zero attached hydrogens (tertiary/aromatic N) is 4. The third kappa shape index (κ3) is 3.43. The first-order valence-electron chi connectivity index (χ1n) is 8.72. The summed E-state index contributed by atoms with van der Waals surface area (Å²) in [6, 6.07) is 10.5. The van der Waals surface area contributed by atoms with E-state index in [4.69, 9.17) is 0 Å². The van der Waals surface area contributed by atoms with E-state index in [1.165, 1.54) is 11.6 Å². The molecule has 0 unspecified atom stereocenters. The van der Waals surface area contributed by atoms with Crippen LogP contribution in [0.5, 0.6) is 0 Å². The number of nitrogens with one attached hydrogen (secondary N) is 1. The van der Waals surface area contributed by atoms with Crippen LogP contribution in [0.15, 0.2) is 47.3 Å². The van der Waals surface area contributed by atoms with Crippen LogP contribution < -0.4 is 10.9 Å². The molecule has 1 amide bonds. The van der Waals surface area contributed by atoms with E-state index in [-0.39, 0.29) is 16.8 Å². The van der Waals surface area contributed by atoms with Crippen LogP contribution in [0, 0.1) is 34.1 Å². The number of amides is 1. The van der Waals surface area contributed by atoms with Gasteiger partial charge in [-0.15, -0.1) is 0 Å². The zero-order chi connectivity index (χ0) is 22.2. The summed E-state index contributed by atoms with van der Waals surface area (Å²) in [6.07, 6.45) is 0. The topological polar surface area (TPSA) is 142 Å². The smallest absolute Gasteiger partial charge is 0.295 e. The molecule has 3 rings (SSSR count). The molecule has 2 aromatic carbocycles. The zero-order valence-corrected chi connectivity index (χ0v) is 16.3. The average molecular weight is 411 g/mol. The van der Waals surface area contributed by atoms with E-state index >= 15 is 0 Å². The maximum atomic E-state index is 12.9. The molecule has 0 bridgehead atoms. The maximum Gasteiger partial charge on any atom is 0.295 e. The Balaban J connectivity index is 2.09. The summed E-state index contributed by atoms with van der Waals surface area (Å²) in [6.45, 7) is 2.94. The lowest BCUT2D eigenvalue weighted by Gasteiger charge is -2.08. The molecule has 0 saturated heterocycles. The number of hydrogen-bond donors (Lipinski definition) is 1. The molecule has 0 radical (unpaired) electrons. The van der Waals surface area contributed by atoms with Gasteiger partial charge in [-0.3, -0.25) is 34.5 Å². The molecule has 0 fully saturated rings. The van der Waals surface area contributed by atoms with Gasteiger partial charge < -0.3 is 5.32 Å². The van der Waals surface area contributed by atoms with Crippen molar-refractivity contribution in [3.05, 3.63) is 89.9 Å². The first-order valence-corrected chi connectivity index (χ1v) is 8.72. The Morgan fingerprint density at radius 1 is 1.03 bits per heavy atom. The van der Waals surface area contributed by atoms with E-state index in [1.807, 2.05) is 0 Å². The summed E-state index contributed by atoms with van der Waals surface area (Å²) in [5.74, 6) is -0.856. The average Bonchev–Trinajstić information content (AvgIpc) is 2.91. The van der Waals surface area contributed by atoms with E-state index in [0.717, 1.165) is 12.1 Å². The Bertz CT molecular complexity index is 1240. The Kier molecular flexibility index (Phi) is 5.20. The van der Waals surface area contributed by atoms with Crippen molar-refractivity contribution in [2.24, 2.45) is 7.05 Å². The van der Waals surface area contributed by atoms with E-state index in [9.17, 15) is 29.8 Å². The molecule has 3 aromatic rings. The molecule has 0 saturated carbocycles. The number of benzene rings is 2. The second kappa shape index (κ2) is 7.62. The molecule has 0 aliphatic rings. The minimum absolute atomic E-state index is 0.0279. The lowest BCUT2D eigenvalue weighted by atomic mass is 10.0. The van der Waals surface area contributed by atoms with Gasteiger partial charge >= 0.3 is 0 Å². The second-order valence-corrected chi connectivity index (χ2v) is 6.54. The number of para-hydroxylation sites is 1. The summed E-state index contributed by atoms with van der Waals surface area (Å²) in [7, 11) is 1.64. The van der Waals surface area contributed by atoms with Gasteiger partial charge in [0.15, 0.2) is 0 Å². The normalized spacial score (nSPS) is 10.6. The van der Waals surface area contributed by atoms with Crippen LogP contribution in [0.25, 0.3) is 5.69 Å². The van der Waals surface area contributed by atoms with E-state index < -0.39 is 32.7 Å². The lowest BCUT2D eigenvalue weighted by molar-refractivity contribution is -0.394. The fraction of sp³-hybridized carbons (Fsp3) is 0.158. The number of anilines is 1. The molecule has 1 N–H and O–H groups in total. The maximum absolute atomic E-state index is 12.9. The van der Waals surface area contributed by atoms with Gasteiger partial charge in [0.25, 0.3) is 22.8 Å². The molecular weight excluding hydrogens is 394 g/mol. The van der Waals surface area contributed by atoms with Gasteiger partial charge in [-0.25, -0.2) is 4.68 Å². The zero-order valence-electron chi connectivity index (χ0n) is 16.3. The molecule has 0 aliphatic carbocycles. The Hall–Kier alpha value is -4.28. The highest BCUT2D eigenvalue weighted by molar-refractivity contribution is 6.06. The van der Waals surface area contributed by atoms with Crippen LogP contribution in [0.4, 0.5) is 17.1 Å².